The molecule has 9 heteroatoms. The molecule has 1 N–H and O–H groups in total. The van der Waals surface area contributed by atoms with Gasteiger partial charge in [-0.2, -0.15) is 11.8 Å². The van der Waals surface area contributed by atoms with Gasteiger partial charge in [0, 0.05) is 23.8 Å². The van der Waals surface area contributed by atoms with Gasteiger partial charge in [0.25, 0.3) is 0 Å². The van der Waals surface area contributed by atoms with E-state index in [0.717, 1.165) is 39.8 Å². The van der Waals surface area contributed by atoms with E-state index in [-0.39, 0.29) is 10.9 Å². The number of nitrogens with one attached hydrogen (secondary N) is 1. The average molecular weight is 574 g/mol. The minimum atomic E-state index is -3.79. The summed E-state index contributed by atoms with van der Waals surface area (Å²) in [7, 11) is -7.05. The van der Waals surface area contributed by atoms with E-state index < -0.39 is 19.9 Å². The van der Waals surface area contributed by atoms with Gasteiger partial charge in [0.2, 0.25) is 10.0 Å². The van der Waals surface area contributed by atoms with Crippen LogP contribution < -0.4 is 4.72 Å². The molecule has 0 saturated heterocycles. The Morgan fingerprint density at radius 2 is 1.39 bits per heavy atom. The molecule has 3 rings (SSSR count). The summed E-state index contributed by atoms with van der Waals surface area (Å²) in [5.41, 5.74) is 4.44. The molecule has 0 bridgehead atoms. The highest BCUT2D eigenvalue weighted by atomic mass is 32.2. The van der Waals surface area contributed by atoms with Gasteiger partial charge in [0.15, 0.2) is 9.84 Å². The molecule has 0 saturated carbocycles. The van der Waals surface area contributed by atoms with E-state index >= 15 is 0 Å². The molecule has 0 aliphatic carbocycles. The molecule has 204 valence electrons. The van der Waals surface area contributed by atoms with Crippen LogP contribution in [0.15, 0.2) is 83.8 Å². The molecule has 3 aromatic carbocycles. The van der Waals surface area contributed by atoms with E-state index in [4.69, 9.17) is 0 Å². The Hall–Kier alpha value is -2.72. The highest BCUT2D eigenvalue weighted by Crippen LogP contribution is 2.26. The molecule has 0 spiro atoms. The third kappa shape index (κ3) is 9.23. The Bertz CT molecular complexity index is 1440. The first-order chi connectivity index (χ1) is 18.0. The summed E-state index contributed by atoms with van der Waals surface area (Å²) in [5, 5.41) is 0. The summed E-state index contributed by atoms with van der Waals surface area (Å²) in [4.78, 5) is 11.3. The molecular weight excluding hydrogens is 539 g/mol. The Balaban J connectivity index is 0.00000247. The predicted octanol–water partition coefficient (Wildman–Crippen LogP) is 6.08. The normalized spacial score (nSPS) is 12.1. The predicted molar refractivity (Wildman–Crippen MR) is 159 cm³/mol. The second-order valence-corrected chi connectivity index (χ2v) is 13.3. The van der Waals surface area contributed by atoms with E-state index in [0.29, 0.717) is 16.7 Å². The van der Waals surface area contributed by atoms with Gasteiger partial charge in [-0.3, -0.25) is 4.79 Å². The number of allylic oxidation sites excluding steroid dienone is 1. The summed E-state index contributed by atoms with van der Waals surface area (Å²) in [6.07, 6.45) is 2.74. The zero-order valence-electron chi connectivity index (χ0n) is 22.3. The molecule has 3 aromatic rings. The first kappa shape index (κ1) is 31.5. The number of aldehydes is 1. The number of hydrogen-bond donors (Lipinski definition) is 1. The zero-order valence-corrected chi connectivity index (χ0v) is 24.8. The molecule has 0 aliphatic heterocycles. The lowest BCUT2D eigenvalue weighted by Crippen LogP contribution is -2.30. The second kappa shape index (κ2) is 14.4. The maximum absolute atomic E-state index is 12.6. The maximum atomic E-state index is 12.6. The summed E-state index contributed by atoms with van der Waals surface area (Å²) in [6.45, 7) is 7.45. The first-order valence-electron chi connectivity index (χ1n) is 12.2. The van der Waals surface area contributed by atoms with Crippen LogP contribution in [0.5, 0.6) is 0 Å². The van der Waals surface area contributed by atoms with E-state index in [2.05, 4.69) is 4.72 Å². The van der Waals surface area contributed by atoms with Gasteiger partial charge < -0.3 is 0 Å². The lowest BCUT2D eigenvalue weighted by Gasteiger charge is -2.13. The van der Waals surface area contributed by atoms with Crippen LogP contribution in [0.3, 0.4) is 0 Å². The van der Waals surface area contributed by atoms with Crippen molar-refractivity contribution in [3.8, 4) is 11.1 Å². The monoisotopic (exact) mass is 573 g/mol. The first-order valence-corrected chi connectivity index (χ1v) is 16.8. The highest BCUT2D eigenvalue weighted by Gasteiger charge is 2.20. The van der Waals surface area contributed by atoms with Crippen LogP contribution in [-0.4, -0.2) is 35.4 Å². The zero-order chi connectivity index (χ0) is 28.3. The number of sulfonamides is 1. The van der Waals surface area contributed by atoms with Gasteiger partial charge in [0.1, 0.15) is 6.29 Å². The molecule has 0 aromatic heterocycles. The van der Waals surface area contributed by atoms with E-state index in [1.165, 1.54) is 6.26 Å². The number of carbonyl (C=O) groups excluding carboxylic acids is 1. The standard InChI is InChI=1S/C27H29NO5S3.C2H6/c1-20(2)28-36(32,33)27(15-16-29)24-13-9-22(10-14-24)19-34-18-21-7-11-23(12-8-21)25-5-4-6-26(17-25)35(3,30)31;1-2/h4-17,20,28H,18-19H2,1-3H3;1-2H3/b27-15-;. The van der Waals surface area contributed by atoms with Crippen LogP contribution in [0.4, 0.5) is 0 Å². The fraction of sp³-hybridized carbons (Fsp3) is 0.276. The van der Waals surface area contributed by atoms with Crippen LogP contribution in [0, 0.1) is 0 Å². The van der Waals surface area contributed by atoms with E-state index in [1.54, 1.807) is 55.9 Å². The van der Waals surface area contributed by atoms with E-state index in [1.807, 2.05) is 56.3 Å². The quantitative estimate of drug-likeness (QED) is 0.220. The Labute approximate surface area is 231 Å². The number of carbonyl (C=O) groups is 1. The minimum absolute atomic E-state index is 0.0486. The number of benzene rings is 3. The third-order valence-electron chi connectivity index (χ3n) is 5.23. The number of sulfone groups is 1. The van der Waals surface area contributed by atoms with Gasteiger partial charge in [-0.05, 0) is 59.9 Å². The van der Waals surface area contributed by atoms with Crippen LogP contribution in [0.25, 0.3) is 16.0 Å². The van der Waals surface area contributed by atoms with Crippen molar-refractivity contribution >= 4 is 42.8 Å². The van der Waals surface area contributed by atoms with Crippen molar-refractivity contribution < 1.29 is 21.6 Å². The fourth-order valence-corrected chi connectivity index (χ4v) is 6.58. The molecule has 0 atom stereocenters. The summed E-state index contributed by atoms with van der Waals surface area (Å²) < 4.78 is 51.2. The average Bonchev–Trinajstić information content (AvgIpc) is 2.88. The summed E-state index contributed by atoms with van der Waals surface area (Å²) in [5.74, 6) is 1.52. The molecule has 0 radical (unpaired) electrons. The van der Waals surface area contributed by atoms with Crippen LogP contribution in [0.1, 0.15) is 44.4 Å². The SMILES string of the molecule is CC.CC(C)NS(=O)(=O)/C(=C\C=O)c1ccc(CSCc2ccc(-c3cccc(S(C)(=O)=O)c3)cc2)cc1. The second-order valence-electron chi connectivity index (χ2n) is 8.63. The highest BCUT2D eigenvalue weighted by molar-refractivity contribution is 7.99. The maximum Gasteiger partial charge on any atom is 0.241 e. The van der Waals surface area contributed by atoms with Gasteiger partial charge in [-0.15, -0.1) is 0 Å². The van der Waals surface area contributed by atoms with E-state index in [9.17, 15) is 21.6 Å². The molecule has 0 aliphatic rings. The van der Waals surface area contributed by atoms with Crippen molar-refractivity contribution in [2.24, 2.45) is 0 Å². The Kier molecular flexibility index (Phi) is 12.0. The number of rotatable bonds is 11. The summed E-state index contributed by atoms with van der Waals surface area (Å²) in [6, 6.07) is 21.8. The van der Waals surface area contributed by atoms with Crippen molar-refractivity contribution in [2.75, 3.05) is 6.26 Å². The smallest absolute Gasteiger partial charge is 0.241 e. The molecule has 6 nitrogen and oxygen atoms in total. The third-order valence-corrected chi connectivity index (χ3v) is 9.14. The van der Waals surface area contributed by atoms with Crippen molar-refractivity contribution in [2.45, 2.75) is 50.1 Å². The van der Waals surface area contributed by atoms with Gasteiger partial charge in [-0.1, -0.05) is 74.5 Å². The lowest BCUT2D eigenvalue weighted by atomic mass is 10.0. The largest absolute Gasteiger partial charge is 0.299 e. The Morgan fingerprint density at radius 1 is 0.842 bits per heavy atom. The van der Waals surface area contributed by atoms with Crippen molar-refractivity contribution in [1.29, 1.82) is 0 Å². The molecule has 0 fully saturated rings. The van der Waals surface area contributed by atoms with Crippen molar-refractivity contribution in [3.63, 3.8) is 0 Å². The lowest BCUT2D eigenvalue weighted by molar-refractivity contribution is -0.104. The van der Waals surface area contributed by atoms with Gasteiger partial charge >= 0.3 is 0 Å². The number of thioether (sulfide) groups is 1. The molecule has 38 heavy (non-hydrogen) atoms. The van der Waals surface area contributed by atoms with Crippen LogP contribution in [0.2, 0.25) is 0 Å². The minimum Gasteiger partial charge on any atom is -0.299 e. The fourth-order valence-electron chi connectivity index (χ4n) is 3.53. The van der Waals surface area contributed by atoms with Crippen molar-refractivity contribution in [3.05, 3.63) is 95.6 Å². The summed E-state index contributed by atoms with van der Waals surface area (Å²) >= 11 is 1.72. The van der Waals surface area contributed by atoms with Gasteiger partial charge in [0.05, 0.1) is 9.80 Å². The topological polar surface area (TPSA) is 97.4 Å². The number of hydrogen-bond acceptors (Lipinski definition) is 6. The molecular formula is C29H35NO5S3. The molecule has 0 unspecified atom stereocenters. The van der Waals surface area contributed by atoms with Crippen LogP contribution in [-0.2, 0) is 36.2 Å². The van der Waals surface area contributed by atoms with Crippen LogP contribution >= 0.6 is 11.8 Å². The Morgan fingerprint density at radius 3 is 1.89 bits per heavy atom. The van der Waals surface area contributed by atoms with Gasteiger partial charge in [-0.25, -0.2) is 21.6 Å². The van der Waals surface area contributed by atoms with Crippen molar-refractivity contribution in [1.82, 2.24) is 4.72 Å². The molecule has 0 heterocycles. The molecule has 0 amide bonds.